The van der Waals surface area contributed by atoms with Crippen LogP contribution in [0.3, 0.4) is 0 Å². The molecule has 0 aliphatic carbocycles. The van der Waals surface area contributed by atoms with Crippen molar-refractivity contribution in [3.05, 3.63) is 64.1 Å². The van der Waals surface area contributed by atoms with Crippen molar-refractivity contribution in [1.82, 2.24) is 5.32 Å². The van der Waals surface area contributed by atoms with Gasteiger partial charge in [-0.15, -0.1) is 0 Å². The van der Waals surface area contributed by atoms with Gasteiger partial charge in [0.1, 0.15) is 11.8 Å². The highest BCUT2D eigenvalue weighted by atomic mass is 79.9. The second kappa shape index (κ2) is 11.5. The Labute approximate surface area is 174 Å². The lowest BCUT2D eigenvalue weighted by Gasteiger charge is -2.18. The van der Waals surface area contributed by atoms with Crippen molar-refractivity contribution in [3.63, 3.8) is 0 Å². The SMILES string of the molecule is CCCCOc1ccc(C(=O)NC(Cc2ccccc2)C(=O)OCC)cc1Br. The summed E-state index contributed by atoms with van der Waals surface area (Å²) in [6.45, 7) is 4.73. The standard InChI is InChI=1S/C22H26BrNO4/c1-3-5-13-28-20-12-11-17(15-18(20)23)21(25)24-19(22(26)27-4-2)14-16-9-7-6-8-10-16/h6-12,15,19H,3-5,13-14H2,1-2H3,(H,24,25). The number of hydrogen-bond acceptors (Lipinski definition) is 4. The summed E-state index contributed by atoms with van der Waals surface area (Å²) in [5.74, 6) is -0.0932. The Morgan fingerprint density at radius 3 is 2.50 bits per heavy atom. The van der Waals surface area contributed by atoms with E-state index >= 15 is 0 Å². The van der Waals surface area contributed by atoms with E-state index in [1.54, 1.807) is 25.1 Å². The fourth-order valence-electron chi connectivity index (χ4n) is 2.61. The molecule has 0 saturated carbocycles. The van der Waals surface area contributed by atoms with E-state index in [1.165, 1.54) is 0 Å². The predicted molar refractivity (Wildman–Crippen MR) is 113 cm³/mol. The normalized spacial score (nSPS) is 11.5. The van der Waals surface area contributed by atoms with E-state index in [9.17, 15) is 9.59 Å². The molecule has 0 fully saturated rings. The van der Waals surface area contributed by atoms with E-state index in [0.717, 1.165) is 18.4 Å². The average molecular weight is 448 g/mol. The molecule has 0 aliphatic heterocycles. The zero-order valence-electron chi connectivity index (χ0n) is 16.2. The average Bonchev–Trinajstić information content (AvgIpc) is 2.69. The van der Waals surface area contributed by atoms with Crippen LogP contribution in [0.2, 0.25) is 0 Å². The van der Waals surface area contributed by atoms with Crippen molar-refractivity contribution in [3.8, 4) is 5.75 Å². The van der Waals surface area contributed by atoms with Gasteiger partial charge in [-0.1, -0.05) is 43.7 Å². The highest BCUT2D eigenvalue weighted by Gasteiger charge is 2.23. The van der Waals surface area contributed by atoms with E-state index in [4.69, 9.17) is 9.47 Å². The van der Waals surface area contributed by atoms with E-state index in [-0.39, 0.29) is 12.5 Å². The van der Waals surface area contributed by atoms with E-state index in [0.29, 0.717) is 28.8 Å². The molecule has 28 heavy (non-hydrogen) atoms. The first-order valence-electron chi connectivity index (χ1n) is 9.48. The number of hydrogen-bond donors (Lipinski definition) is 1. The summed E-state index contributed by atoms with van der Waals surface area (Å²) in [5.41, 5.74) is 1.39. The van der Waals surface area contributed by atoms with Gasteiger partial charge in [0.05, 0.1) is 17.7 Å². The van der Waals surface area contributed by atoms with Gasteiger partial charge in [0.25, 0.3) is 5.91 Å². The summed E-state index contributed by atoms with van der Waals surface area (Å²) in [6, 6.07) is 13.9. The Bertz CT molecular complexity index is 779. The number of halogens is 1. The molecule has 1 atom stereocenters. The van der Waals surface area contributed by atoms with Gasteiger partial charge >= 0.3 is 5.97 Å². The number of nitrogens with one attached hydrogen (secondary N) is 1. The number of rotatable bonds is 10. The second-order valence-electron chi connectivity index (χ2n) is 6.32. The van der Waals surface area contributed by atoms with Gasteiger partial charge < -0.3 is 14.8 Å². The molecule has 6 heteroatoms. The van der Waals surface area contributed by atoms with Crippen LogP contribution in [0.25, 0.3) is 0 Å². The van der Waals surface area contributed by atoms with Gasteiger partial charge in [0, 0.05) is 12.0 Å². The zero-order valence-corrected chi connectivity index (χ0v) is 17.8. The first kappa shape index (κ1) is 22.0. The Morgan fingerprint density at radius 2 is 1.86 bits per heavy atom. The second-order valence-corrected chi connectivity index (χ2v) is 7.17. The molecule has 2 aromatic carbocycles. The van der Waals surface area contributed by atoms with Crippen LogP contribution in [0.1, 0.15) is 42.6 Å². The van der Waals surface area contributed by atoms with E-state index in [1.807, 2.05) is 30.3 Å². The molecule has 1 unspecified atom stereocenters. The largest absolute Gasteiger partial charge is 0.492 e. The maximum atomic E-state index is 12.7. The molecule has 2 rings (SSSR count). The smallest absolute Gasteiger partial charge is 0.328 e. The third-order valence-electron chi connectivity index (χ3n) is 4.11. The van der Waals surface area contributed by atoms with Crippen molar-refractivity contribution in [2.24, 2.45) is 0 Å². The van der Waals surface area contributed by atoms with Crippen LogP contribution in [0.4, 0.5) is 0 Å². The lowest BCUT2D eigenvalue weighted by atomic mass is 10.1. The summed E-state index contributed by atoms with van der Waals surface area (Å²) in [4.78, 5) is 25.0. The minimum Gasteiger partial charge on any atom is -0.492 e. The third-order valence-corrected chi connectivity index (χ3v) is 4.73. The van der Waals surface area contributed by atoms with Crippen molar-refractivity contribution in [2.45, 2.75) is 39.2 Å². The maximum absolute atomic E-state index is 12.7. The Balaban J connectivity index is 2.09. The highest BCUT2D eigenvalue weighted by Crippen LogP contribution is 2.26. The number of carbonyl (C=O) groups is 2. The molecule has 0 aliphatic rings. The van der Waals surface area contributed by atoms with Crippen molar-refractivity contribution in [2.75, 3.05) is 13.2 Å². The molecule has 0 radical (unpaired) electrons. The minimum absolute atomic E-state index is 0.259. The summed E-state index contributed by atoms with van der Waals surface area (Å²) in [7, 11) is 0. The molecule has 5 nitrogen and oxygen atoms in total. The lowest BCUT2D eigenvalue weighted by molar-refractivity contribution is -0.145. The van der Waals surface area contributed by atoms with Gasteiger partial charge in [-0.25, -0.2) is 4.79 Å². The number of benzene rings is 2. The highest BCUT2D eigenvalue weighted by molar-refractivity contribution is 9.10. The molecule has 0 spiro atoms. The van der Waals surface area contributed by atoms with Crippen molar-refractivity contribution >= 4 is 27.8 Å². The molecule has 0 bridgehead atoms. The van der Waals surface area contributed by atoms with Gasteiger partial charge in [-0.05, 0) is 53.0 Å². The van der Waals surface area contributed by atoms with Crippen LogP contribution in [0.15, 0.2) is 53.0 Å². The van der Waals surface area contributed by atoms with Crippen molar-refractivity contribution in [1.29, 1.82) is 0 Å². The van der Waals surface area contributed by atoms with E-state index in [2.05, 4.69) is 28.2 Å². The minimum atomic E-state index is -0.755. The van der Waals surface area contributed by atoms with Crippen molar-refractivity contribution < 1.29 is 19.1 Å². The van der Waals surface area contributed by atoms with Crippen LogP contribution >= 0.6 is 15.9 Å². The Hall–Kier alpha value is -2.34. The quantitative estimate of drug-likeness (QED) is 0.429. The molecule has 0 saturated heterocycles. The van der Waals surface area contributed by atoms with Crippen LogP contribution in [0, 0.1) is 0 Å². The number of ether oxygens (including phenoxy) is 2. The molecule has 1 N–H and O–H groups in total. The Morgan fingerprint density at radius 1 is 1.11 bits per heavy atom. The molecule has 0 aromatic heterocycles. The number of esters is 1. The number of carbonyl (C=O) groups excluding carboxylic acids is 2. The van der Waals surface area contributed by atoms with Gasteiger partial charge in [0.2, 0.25) is 0 Å². The van der Waals surface area contributed by atoms with Crippen LogP contribution in [-0.2, 0) is 16.0 Å². The molecular weight excluding hydrogens is 422 g/mol. The van der Waals surface area contributed by atoms with Crippen LogP contribution in [0.5, 0.6) is 5.75 Å². The van der Waals surface area contributed by atoms with E-state index < -0.39 is 12.0 Å². The summed E-state index contributed by atoms with van der Waals surface area (Å²) in [6.07, 6.45) is 2.38. The Kier molecular flexibility index (Phi) is 9.01. The molecule has 1 amide bonds. The molecule has 150 valence electrons. The summed E-state index contributed by atoms with van der Waals surface area (Å²) in [5, 5.41) is 2.79. The maximum Gasteiger partial charge on any atom is 0.328 e. The monoisotopic (exact) mass is 447 g/mol. The van der Waals surface area contributed by atoms with Gasteiger partial charge in [0.15, 0.2) is 0 Å². The summed E-state index contributed by atoms with van der Waals surface area (Å²) < 4.78 is 11.5. The fourth-order valence-corrected chi connectivity index (χ4v) is 3.11. The zero-order chi connectivity index (χ0) is 20.4. The number of unbranched alkanes of at least 4 members (excludes halogenated alkanes) is 1. The topological polar surface area (TPSA) is 64.6 Å². The van der Waals surface area contributed by atoms with Crippen LogP contribution in [-0.4, -0.2) is 31.1 Å². The fraction of sp³-hybridized carbons (Fsp3) is 0.364. The van der Waals surface area contributed by atoms with Gasteiger partial charge in [-0.2, -0.15) is 0 Å². The lowest BCUT2D eigenvalue weighted by Crippen LogP contribution is -2.43. The third kappa shape index (κ3) is 6.68. The molecule has 2 aromatic rings. The molecular formula is C22H26BrNO4. The first-order valence-corrected chi connectivity index (χ1v) is 10.3. The molecule has 0 heterocycles. The van der Waals surface area contributed by atoms with Gasteiger partial charge in [-0.3, -0.25) is 4.79 Å². The van der Waals surface area contributed by atoms with Crippen LogP contribution < -0.4 is 10.1 Å². The summed E-state index contributed by atoms with van der Waals surface area (Å²) >= 11 is 3.44. The number of amides is 1. The first-order chi connectivity index (χ1) is 13.5. The predicted octanol–water partition coefficient (Wildman–Crippen LogP) is 4.53.